The average molecular weight is 666 g/mol. The number of nitrogens with zero attached hydrogens (tertiary/aromatic N) is 7. The van der Waals surface area contributed by atoms with Crippen LogP contribution in [0.3, 0.4) is 0 Å². The van der Waals surface area contributed by atoms with Gasteiger partial charge in [-0.15, -0.1) is 5.10 Å². The predicted octanol–water partition coefficient (Wildman–Crippen LogP) is 5.10. The summed E-state index contributed by atoms with van der Waals surface area (Å²) in [6.07, 6.45) is 2.17. The third kappa shape index (κ3) is 6.69. The number of carbonyl (C=O) groups is 1. The van der Waals surface area contributed by atoms with Gasteiger partial charge in [-0.3, -0.25) is 0 Å². The van der Waals surface area contributed by atoms with Crippen molar-refractivity contribution >= 4 is 17.0 Å². The molecule has 5 heterocycles. The standard InChI is InChI=1S/C35H26F3N7O4/c1-44-24(17-39-43-44)9-8-23-7-5-21(34(38)40-23)19-49-33-4-2-3-29(42-33)26-16-27(36)22(13-28(26)37)15-32-41-30-10-6-20(35(46)47)14-31(30)45(32)18-25-11-12-48-25/h2-7,10,13-14,16-17,25H,11-12,15,18-19H2,1H3,(H,46,47). The normalized spacial score (nSPS) is 13.9. The summed E-state index contributed by atoms with van der Waals surface area (Å²) in [6, 6.07) is 14.4. The molecule has 246 valence electrons. The van der Waals surface area contributed by atoms with Gasteiger partial charge in [0.25, 0.3) is 0 Å². The second kappa shape index (κ2) is 13.2. The number of imidazole rings is 1. The molecule has 1 atom stereocenters. The van der Waals surface area contributed by atoms with Gasteiger partial charge in [0.05, 0.1) is 41.1 Å². The minimum Gasteiger partial charge on any atom is -0.478 e. The van der Waals surface area contributed by atoms with E-state index in [1.807, 2.05) is 0 Å². The molecule has 0 aliphatic carbocycles. The number of aromatic carboxylic acids is 1. The summed E-state index contributed by atoms with van der Waals surface area (Å²) >= 11 is 0. The van der Waals surface area contributed by atoms with E-state index in [9.17, 15) is 14.3 Å². The molecular weight excluding hydrogens is 639 g/mol. The molecule has 0 bridgehead atoms. The molecule has 1 N–H and O–H groups in total. The van der Waals surface area contributed by atoms with Gasteiger partial charge in [0.15, 0.2) is 0 Å². The van der Waals surface area contributed by atoms with E-state index in [1.165, 1.54) is 41.2 Å². The number of aryl methyl sites for hydroxylation is 1. The molecule has 1 unspecified atom stereocenters. The highest BCUT2D eigenvalue weighted by Crippen LogP contribution is 2.29. The number of pyridine rings is 2. The molecule has 1 aliphatic heterocycles. The molecule has 0 spiro atoms. The summed E-state index contributed by atoms with van der Waals surface area (Å²) in [4.78, 5) is 24.4. The van der Waals surface area contributed by atoms with Crippen molar-refractivity contribution in [3.8, 4) is 29.0 Å². The van der Waals surface area contributed by atoms with Crippen molar-refractivity contribution in [2.75, 3.05) is 6.61 Å². The Hall–Kier alpha value is -6.07. The van der Waals surface area contributed by atoms with Crippen LogP contribution in [0.2, 0.25) is 0 Å². The van der Waals surface area contributed by atoms with Crippen LogP contribution in [0.25, 0.3) is 22.3 Å². The van der Waals surface area contributed by atoms with Gasteiger partial charge in [-0.1, -0.05) is 11.3 Å². The minimum absolute atomic E-state index is 0.0477. The lowest BCUT2D eigenvalue weighted by atomic mass is 10.0. The van der Waals surface area contributed by atoms with Crippen LogP contribution in [-0.4, -0.2) is 58.3 Å². The highest BCUT2D eigenvalue weighted by molar-refractivity contribution is 5.92. The van der Waals surface area contributed by atoms with E-state index >= 15 is 8.78 Å². The van der Waals surface area contributed by atoms with Crippen LogP contribution in [0.4, 0.5) is 13.2 Å². The van der Waals surface area contributed by atoms with Crippen molar-refractivity contribution in [3.05, 3.63) is 118 Å². The van der Waals surface area contributed by atoms with E-state index in [4.69, 9.17) is 9.47 Å². The lowest BCUT2D eigenvalue weighted by molar-refractivity contribution is -0.0589. The summed E-state index contributed by atoms with van der Waals surface area (Å²) in [7, 11) is 1.68. The third-order valence-electron chi connectivity index (χ3n) is 8.07. The van der Waals surface area contributed by atoms with Gasteiger partial charge in [-0.05, 0) is 72.4 Å². The van der Waals surface area contributed by atoms with Crippen molar-refractivity contribution < 1.29 is 32.5 Å². The van der Waals surface area contributed by atoms with Gasteiger partial charge in [0, 0.05) is 37.3 Å². The Morgan fingerprint density at radius 2 is 1.88 bits per heavy atom. The number of halogens is 3. The summed E-state index contributed by atoms with van der Waals surface area (Å²) < 4.78 is 60.4. The topological polar surface area (TPSA) is 130 Å². The van der Waals surface area contributed by atoms with Gasteiger partial charge in [0.2, 0.25) is 11.8 Å². The lowest BCUT2D eigenvalue weighted by Crippen LogP contribution is -2.31. The number of carboxylic acids is 1. The van der Waals surface area contributed by atoms with Crippen molar-refractivity contribution in [2.24, 2.45) is 7.05 Å². The van der Waals surface area contributed by atoms with Crippen molar-refractivity contribution in [1.29, 1.82) is 0 Å². The molecular formula is C35H26F3N7O4. The first-order chi connectivity index (χ1) is 23.7. The maximum absolute atomic E-state index is 15.6. The monoisotopic (exact) mass is 665 g/mol. The number of carboxylic acid groups (broad SMARTS) is 1. The van der Waals surface area contributed by atoms with Crippen LogP contribution in [-0.2, 0) is 31.4 Å². The summed E-state index contributed by atoms with van der Waals surface area (Å²) in [5.41, 5.74) is 2.19. The van der Waals surface area contributed by atoms with Gasteiger partial charge >= 0.3 is 5.97 Å². The average Bonchev–Trinajstić information content (AvgIpc) is 3.64. The highest BCUT2D eigenvalue weighted by atomic mass is 19.1. The number of hydrogen-bond donors (Lipinski definition) is 1. The zero-order chi connectivity index (χ0) is 34.1. The predicted molar refractivity (Wildman–Crippen MR) is 169 cm³/mol. The van der Waals surface area contributed by atoms with Gasteiger partial charge < -0.3 is 19.1 Å². The van der Waals surface area contributed by atoms with E-state index in [0.29, 0.717) is 35.7 Å². The second-order valence-corrected chi connectivity index (χ2v) is 11.3. The number of aromatic nitrogens is 7. The van der Waals surface area contributed by atoms with Crippen molar-refractivity contribution in [2.45, 2.75) is 32.1 Å². The molecule has 4 aromatic heterocycles. The molecule has 11 nitrogen and oxygen atoms in total. The Labute approximate surface area is 277 Å². The Morgan fingerprint density at radius 1 is 1.02 bits per heavy atom. The molecule has 2 aromatic carbocycles. The zero-order valence-corrected chi connectivity index (χ0v) is 25.9. The molecule has 7 rings (SSSR count). The SMILES string of the molecule is Cn1nncc1C#Cc1ccc(COc2cccc(-c3cc(F)c(Cc4nc5ccc(C(=O)O)cc5n4CC4CCO4)cc3F)n2)c(F)n1. The Morgan fingerprint density at radius 3 is 2.61 bits per heavy atom. The highest BCUT2D eigenvalue weighted by Gasteiger charge is 2.24. The Balaban J connectivity index is 1.09. The largest absolute Gasteiger partial charge is 0.478 e. The summed E-state index contributed by atoms with van der Waals surface area (Å²) in [5.74, 6) is 2.85. The van der Waals surface area contributed by atoms with E-state index in [-0.39, 0.29) is 58.7 Å². The number of rotatable bonds is 9. The van der Waals surface area contributed by atoms with E-state index < -0.39 is 23.6 Å². The van der Waals surface area contributed by atoms with Crippen LogP contribution in [0, 0.1) is 29.4 Å². The minimum atomic E-state index is -1.08. The van der Waals surface area contributed by atoms with E-state index in [0.717, 1.165) is 18.6 Å². The molecule has 1 saturated heterocycles. The summed E-state index contributed by atoms with van der Waals surface area (Å²) in [6.45, 7) is 0.805. The van der Waals surface area contributed by atoms with E-state index in [1.54, 1.807) is 29.8 Å². The maximum Gasteiger partial charge on any atom is 0.335 e. The smallest absolute Gasteiger partial charge is 0.335 e. The van der Waals surface area contributed by atoms with Crippen LogP contribution in [0.1, 0.15) is 45.1 Å². The second-order valence-electron chi connectivity index (χ2n) is 11.3. The van der Waals surface area contributed by atoms with Gasteiger partial charge in [-0.25, -0.2) is 33.2 Å². The van der Waals surface area contributed by atoms with Crippen LogP contribution in [0.15, 0.2) is 66.9 Å². The van der Waals surface area contributed by atoms with Crippen molar-refractivity contribution in [1.82, 2.24) is 34.5 Å². The fraction of sp³-hybridized carbons (Fsp3) is 0.200. The molecule has 0 amide bonds. The quantitative estimate of drug-likeness (QED) is 0.166. The first-order valence-corrected chi connectivity index (χ1v) is 15.2. The van der Waals surface area contributed by atoms with Crippen molar-refractivity contribution in [3.63, 3.8) is 0 Å². The third-order valence-corrected chi connectivity index (χ3v) is 8.07. The molecule has 14 heteroatoms. The molecule has 0 saturated carbocycles. The lowest BCUT2D eigenvalue weighted by Gasteiger charge is -2.27. The van der Waals surface area contributed by atoms with E-state index in [2.05, 4.69) is 37.1 Å². The fourth-order valence-electron chi connectivity index (χ4n) is 5.33. The first kappa shape index (κ1) is 31.5. The van der Waals surface area contributed by atoms with Crippen LogP contribution >= 0.6 is 0 Å². The molecule has 1 aliphatic rings. The zero-order valence-electron chi connectivity index (χ0n) is 25.9. The first-order valence-electron chi connectivity index (χ1n) is 15.2. The molecule has 1 fully saturated rings. The Bertz CT molecular complexity index is 2290. The Kier molecular flexibility index (Phi) is 8.50. The summed E-state index contributed by atoms with van der Waals surface area (Å²) in [5, 5.41) is 17.0. The molecule has 6 aromatic rings. The van der Waals surface area contributed by atoms with Gasteiger partial charge in [0.1, 0.15) is 35.5 Å². The van der Waals surface area contributed by atoms with Crippen LogP contribution in [0.5, 0.6) is 5.88 Å². The van der Waals surface area contributed by atoms with Crippen LogP contribution < -0.4 is 4.74 Å². The number of hydrogen-bond acceptors (Lipinski definition) is 8. The number of fused-ring (bicyclic) bond motifs is 1. The fourth-order valence-corrected chi connectivity index (χ4v) is 5.33. The molecule has 0 radical (unpaired) electrons. The molecule has 49 heavy (non-hydrogen) atoms. The number of ether oxygens (including phenoxy) is 2. The van der Waals surface area contributed by atoms with Gasteiger partial charge in [-0.2, -0.15) is 4.39 Å². The maximum atomic E-state index is 15.6. The number of benzene rings is 2.